The van der Waals surface area contributed by atoms with Gasteiger partial charge < -0.3 is 10.8 Å². The van der Waals surface area contributed by atoms with Gasteiger partial charge in [-0.05, 0) is 31.4 Å². The van der Waals surface area contributed by atoms with Crippen molar-refractivity contribution in [3.05, 3.63) is 29.3 Å². The Kier molecular flexibility index (Phi) is 3.41. The van der Waals surface area contributed by atoms with E-state index in [2.05, 4.69) is 0 Å². The predicted octanol–water partition coefficient (Wildman–Crippen LogP) is 1.95. The maximum Gasteiger partial charge on any atom is 0.168 e. The minimum Gasteiger partial charge on any atom is -0.505 e. The molecule has 0 aliphatic rings. The number of hydrogen-bond acceptors (Lipinski definition) is 2. The minimum atomic E-state index is -0.926. The van der Waals surface area contributed by atoms with Crippen LogP contribution in [-0.2, 0) is 6.42 Å². The van der Waals surface area contributed by atoms with Gasteiger partial charge in [-0.15, -0.1) is 0 Å². The van der Waals surface area contributed by atoms with Crippen molar-refractivity contribution in [2.45, 2.75) is 25.8 Å². The van der Waals surface area contributed by atoms with Gasteiger partial charge in [-0.25, -0.2) is 8.78 Å². The second-order valence-corrected chi connectivity index (χ2v) is 3.41. The van der Waals surface area contributed by atoms with Gasteiger partial charge in [0.15, 0.2) is 11.6 Å². The fourth-order valence-electron chi connectivity index (χ4n) is 1.19. The molecule has 14 heavy (non-hydrogen) atoms. The highest BCUT2D eigenvalue weighted by atomic mass is 19.1. The summed E-state index contributed by atoms with van der Waals surface area (Å²) in [5.41, 5.74) is 5.76. The van der Waals surface area contributed by atoms with Crippen molar-refractivity contribution in [3.8, 4) is 5.75 Å². The Bertz CT molecular complexity index is 326. The van der Waals surface area contributed by atoms with Crippen LogP contribution in [0.25, 0.3) is 0 Å². The van der Waals surface area contributed by atoms with E-state index in [0.717, 1.165) is 6.07 Å². The third-order valence-corrected chi connectivity index (χ3v) is 1.98. The molecule has 1 rings (SSSR count). The van der Waals surface area contributed by atoms with Gasteiger partial charge in [0.1, 0.15) is 5.82 Å². The van der Waals surface area contributed by atoms with E-state index < -0.39 is 17.4 Å². The number of rotatable bonds is 3. The molecular formula is C10H13F2NO. The molecule has 0 bridgehead atoms. The Morgan fingerprint density at radius 3 is 2.64 bits per heavy atom. The van der Waals surface area contributed by atoms with Crippen LogP contribution in [-0.4, -0.2) is 11.1 Å². The van der Waals surface area contributed by atoms with E-state index >= 15 is 0 Å². The summed E-state index contributed by atoms with van der Waals surface area (Å²) in [4.78, 5) is 0. The molecule has 1 aromatic rings. The summed E-state index contributed by atoms with van der Waals surface area (Å²) in [5.74, 6) is -2.09. The van der Waals surface area contributed by atoms with Crippen molar-refractivity contribution in [2.24, 2.45) is 5.73 Å². The maximum absolute atomic E-state index is 12.8. The molecule has 4 heteroatoms. The standard InChI is InChI=1S/C10H13F2NO/c1-6(13)2-3-7-4-8(11)5-9(12)10(7)14/h4-6,14H,2-3,13H2,1H3/t6-/m1/s1. The summed E-state index contributed by atoms with van der Waals surface area (Å²) in [6.45, 7) is 1.80. The molecule has 0 aliphatic carbocycles. The molecule has 0 saturated carbocycles. The first-order valence-corrected chi connectivity index (χ1v) is 4.43. The fourth-order valence-corrected chi connectivity index (χ4v) is 1.19. The van der Waals surface area contributed by atoms with Crippen molar-refractivity contribution < 1.29 is 13.9 Å². The molecule has 0 radical (unpaired) electrons. The van der Waals surface area contributed by atoms with Crippen molar-refractivity contribution in [3.63, 3.8) is 0 Å². The third-order valence-electron chi connectivity index (χ3n) is 1.98. The van der Waals surface area contributed by atoms with Crippen LogP contribution in [0.1, 0.15) is 18.9 Å². The first-order chi connectivity index (χ1) is 6.50. The Hall–Kier alpha value is -1.16. The zero-order valence-electron chi connectivity index (χ0n) is 7.93. The van der Waals surface area contributed by atoms with Crippen molar-refractivity contribution >= 4 is 0 Å². The van der Waals surface area contributed by atoms with Crippen LogP contribution in [0.15, 0.2) is 12.1 Å². The Morgan fingerprint density at radius 1 is 1.43 bits per heavy atom. The topological polar surface area (TPSA) is 46.2 Å². The van der Waals surface area contributed by atoms with Crippen LogP contribution >= 0.6 is 0 Å². The minimum absolute atomic E-state index is 0.0549. The lowest BCUT2D eigenvalue weighted by Crippen LogP contribution is -2.15. The second kappa shape index (κ2) is 4.37. The monoisotopic (exact) mass is 201 g/mol. The predicted molar refractivity (Wildman–Crippen MR) is 50.0 cm³/mol. The number of nitrogens with two attached hydrogens (primary N) is 1. The molecular weight excluding hydrogens is 188 g/mol. The molecule has 1 aromatic carbocycles. The smallest absolute Gasteiger partial charge is 0.168 e. The molecule has 1 atom stereocenters. The van der Waals surface area contributed by atoms with Gasteiger partial charge >= 0.3 is 0 Å². The number of hydrogen-bond donors (Lipinski definition) is 2. The van der Waals surface area contributed by atoms with E-state index in [-0.39, 0.29) is 11.6 Å². The van der Waals surface area contributed by atoms with E-state index in [1.54, 1.807) is 6.92 Å². The summed E-state index contributed by atoms with van der Waals surface area (Å²) in [5, 5.41) is 9.25. The van der Waals surface area contributed by atoms with Crippen LogP contribution in [0.5, 0.6) is 5.75 Å². The van der Waals surface area contributed by atoms with Gasteiger partial charge in [0.05, 0.1) is 0 Å². The SMILES string of the molecule is C[C@@H](N)CCc1cc(F)cc(F)c1O. The largest absolute Gasteiger partial charge is 0.505 e. The third kappa shape index (κ3) is 2.67. The molecule has 0 spiro atoms. The van der Waals surface area contributed by atoms with Crippen LogP contribution in [0.3, 0.4) is 0 Å². The first kappa shape index (κ1) is 10.9. The fraction of sp³-hybridized carbons (Fsp3) is 0.400. The van der Waals surface area contributed by atoms with Crippen molar-refractivity contribution in [2.75, 3.05) is 0 Å². The number of aromatic hydroxyl groups is 1. The average molecular weight is 201 g/mol. The molecule has 2 nitrogen and oxygen atoms in total. The summed E-state index contributed by atoms with van der Waals surface area (Å²) in [6, 6.07) is 1.73. The Morgan fingerprint density at radius 2 is 2.07 bits per heavy atom. The van der Waals surface area contributed by atoms with Gasteiger partial charge in [0, 0.05) is 12.1 Å². The van der Waals surface area contributed by atoms with Gasteiger partial charge in [0.25, 0.3) is 0 Å². The molecule has 0 aliphatic heterocycles. The van der Waals surface area contributed by atoms with Crippen LogP contribution in [0.4, 0.5) is 8.78 Å². The zero-order chi connectivity index (χ0) is 10.7. The highest BCUT2D eigenvalue weighted by Crippen LogP contribution is 2.23. The molecule has 0 saturated heterocycles. The lowest BCUT2D eigenvalue weighted by atomic mass is 10.1. The number of phenols is 1. The number of aryl methyl sites for hydroxylation is 1. The van der Waals surface area contributed by atoms with Crippen LogP contribution in [0.2, 0.25) is 0 Å². The number of phenolic OH excluding ortho intramolecular Hbond substituents is 1. The number of benzene rings is 1. The normalized spacial score (nSPS) is 12.9. The lowest BCUT2D eigenvalue weighted by Gasteiger charge is -2.07. The van der Waals surface area contributed by atoms with E-state index in [9.17, 15) is 13.9 Å². The van der Waals surface area contributed by atoms with Gasteiger partial charge in [-0.2, -0.15) is 0 Å². The second-order valence-electron chi connectivity index (χ2n) is 3.41. The van der Waals surface area contributed by atoms with E-state index in [1.165, 1.54) is 0 Å². The van der Waals surface area contributed by atoms with Gasteiger partial charge in [-0.3, -0.25) is 0 Å². The highest BCUT2D eigenvalue weighted by Gasteiger charge is 2.10. The average Bonchev–Trinajstić information content (AvgIpc) is 2.08. The van der Waals surface area contributed by atoms with Crippen molar-refractivity contribution in [1.29, 1.82) is 0 Å². The van der Waals surface area contributed by atoms with Gasteiger partial charge in [0.2, 0.25) is 0 Å². The van der Waals surface area contributed by atoms with E-state index in [0.29, 0.717) is 18.9 Å². The van der Waals surface area contributed by atoms with E-state index in [1.807, 2.05) is 0 Å². The molecule has 0 heterocycles. The van der Waals surface area contributed by atoms with Crippen LogP contribution < -0.4 is 5.73 Å². The molecule has 3 N–H and O–H groups in total. The molecule has 78 valence electrons. The maximum atomic E-state index is 12.8. The number of halogens is 2. The van der Waals surface area contributed by atoms with Crippen LogP contribution in [0, 0.1) is 11.6 Å². The zero-order valence-corrected chi connectivity index (χ0v) is 7.93. The highest BCUT2D eigenvalue weighted by molar-refractivity contribution is 5.34. The Balaban J connectivity index is 2.85. The first-order valence-electron chi connectivity index (χ1n) is 4.43. The van der Waals surface area contributed by atoms with Crippen molar-refractivity contribution in [1.82, 2.24) is 0 Å². The molecule has 0 amide bonds. The summed E-state index contributed by atoms with van der Waals surface area (Å²) in [7, 11) is 0. The summed E-state index contributed by atoms with van der Waals surface area (Å²) in [6.07, 6.45) is 0.953. The van der Waals surface area contributed by atoms with Gasteiger partial charge in [-0.1, -0.05) is 0 Å². The lowest BCUT2D eigenvalue weighted by molar-refractivity contribution is 0.419. The molecule has 0 fully saturated rings. The Labute approximate surface area is 81.4 Å². The summed E-state index contributed by atoms with van der Waals surface area (Å²) < 4.78 is 25.6. The quantitative estimate of drug-likeness (QED) is 0.785. The van der Waals surface area contributed by atoms with E-state index in [4.69, 9.17) is 5.73 Å². The molecule has 0 aromatic heterocycles. The summed E-state index contributed by atoms with van der Waals surface area (Å²) >= 11 is 0. The molecule has 0 unspecified atom stereocenters.